The van der Waals surface area contributed by atoms with Crippen molar-refractivity contribution in [3.05, 3.63) is 70.1 Å². The average Bonchev–Trinajstić information content (AvgIpc) is 2.70. The van der Waals surface area contributed by atoms with Crippen LogP contribution in [0.2, 0.25) is 0 Å². The first-order valence-electron chi connectivity index (χ1n) is 9.42. The molecule has 6 nitrogen and oxygen atoms in total. The summed E-state index contributed by atoms with van der Waals surface area (Å²) in [4.78, 5) is 15.0. The lowest BCUT2D eigenvalue weighted by Crippen LogP contribution is -2.39. The minimum atomic E-state index is -0.678. The second-order valence-electron chi connectivity index (χ2n) is 7.29. The normalized spacial score (nSPS) is 15.4. The number of hydrogen-bond acceptors (Lipinski definition) is 5. The Kier molecular flexibility index (Phi) is 5.07. The molecule has 0 saturated carbocycles. The summed E-state index contributed by atoms with van der Waals surface area (Å²) < 4.78 is 6.87. The van der Waals surface area contributed by atoms with Gasteiger partial charge < -0.3 is 19.5 Å². The summed E-state index contributed by atoms with van der Waals surface area (Å²) >= 11 is 0. The first kappa shape index (κ1) is 18.5. The number of rotatable bonds is 5. The third-order valence-corrected chi connectivity index (χ3v) is 5.34. The number of β-amino-alcohol motifs (C(OH)–C–C–N with tert-alkyl or cyclic N) is 1. The fourth-order valence-corrected chi connectivity index (χ4v) is 3.94. The first-order chi connectivity index (χ1) is 13.5. The highest BCUT2D eigenvalue weighted by atomic mass is 16.5. The Morgan fingerprint density at radius 2 is 1.89 bits per heavy atom. The Morgan fingerprint density at radius 3 is 2.68 bits per heavy atom. The first-order valence-corrected chi connectivity index (χ1v) is 9.42. The lowest BCUT2D eigenvalue weighted by Gasteiger charge is -2.30. The molecule has 2 heterocycles. The van der Waals surface area contributed by atoms with Gasteiger partial charge in [-0.05, 0) is 35.7 Å². The highest BCUT2D eigenvalue weighted by molar-refractivity contribution is 5.88. The molecule has 0 fully saturated rings. The van der Waals surface area contributed by atoms with Crippen molar-refractivity contribution in [1.29, 1.82) is 0 Å². The number of aliphatic hydroxyl groups is 1. The second-order valence-corrected chi connectivity index (χ2v) is 7.29. The third-order valence-electron chi connectivity index (χ3n) is 5.34. The van der Waals surface area contributed by atoms with E-state index in [1.54, 1.807) is 12.3 Å². The topological polar surface area (TPSA) is 74.9 Å². The van der Waals surface area contributed by atoms with Gasteiger partial charge in [-0.3, -0.25) is 9.69 Å². The number of phenolic OH excluding ortho intramolecular Hbond substituents is 1. The molecule has 146 valence electrons. The predicted octanol–water partition coefficient (Wildman–Crippen LogP) is 2.13. The maximum atomic E-state index is 12.8. The smallest absolute Gasteiger partial charge is 0.258 e. The van der Waals surface area contributed by atoms with Gasteiger partial charge in [-0.15, -0.1) is 0 Å². The van der Waals surface area contributed by atoms with Crippen molar-refractivity contribution < 1.29 is 14.9 Å². The zero-order valence-corrected chi connectivity index (χ0v) is 15.8. The number of aromatic nitrogens is 1. The van der Waals surface area contributed by atoms with Crippen LogP contribution in [0, 0.1) is 0 Å². The number of aromatic hydroxyl groups is 1. The Hall–Kier alpha value is -2.83. The zero-order valence-electron chi connectivity index (χ0n) is 15.8. The number of benzene rings is 2. The number of fused-ring (bicyclic) bond motifs is 2. The molecule has 0 aliphatic carbocycles. The van der Waals surface area contributed by atoms with Crippen LogP contribution in [0.5, 0.6) is 11.5 Å². The number of phenols is 1. The van der Waals surface area contributed by atoms with Gasteiger partial charge in [0.1, 0.15) is 11.5 Å². The molecule has 4 rings (SSSR count). The van der Waals surface area contributed by atoms with Crippen molar-refractivity contribution in [2.45, 2.75) is 25.6 Å². The molecule has 1 aliphatic rings. The van der Waals surface area contributed by atoms with Crippen LogP contribution in [0.3, 0.4) is 0 Å². The van der Waals surface area contributed by atoms with E-state index in [1.165, 1.54) is 34.9 Å². The van der Waals surface area contributed by atoms with Crippen LogP contribution in [-0.2, 0) is 19.5 Å². The minimum Gasteiger partial charge on any atom is -0.508 e. The summed E-state index contributed by atoms with van der Waals surface area (Å²) in [6.07, 6.45) is 1.89. The molecule has 0 spiro atoms. The van der Waals surface area contributed by atoms with Gasteiger partial charge in [0.05, 0.1) is 25.1 Å². The molecule has 0 unspecified atom stereocenters. The summed E-state index contributed by atoms with van der Waals surface area (Å²) in [5.74, 6) is 0.568. The maximum Gasteiger partial charge on any atom is 0.258 e. The Bertz CT molecular complexity index is 1060. The molecular formula is C22H24N2O4. The molecule has 0 radical (unpaired) electrons. The van der Waals surface area contributed by atoms with Crippen molar-refractivity contribution in [1.82, 2.24) is 9.47 Å². The van der Waals surface area contributed by atoms with E-state index in [1.807, 2.05) is 6.07 Å². The van der Waals surface area contributed by atoms with Gasteiger partial charge in [-0.1, -0.05) is 24.3 Å². The van der Waals surface area contributed by atoms with E-state index in [-0.39, 0.29) is 17.9 Å². The van der Waals surface area contributed by atoms with Gasteiger partial charge in [0.25, 0.3) is 5.56 Å². The van der Waals surface area contributed by atoms with Gasteiger partial charge >= 0.3 is 0 Å². The quantitative estimate of drug-likeness (QED) is 0.709. The van der Waals surface area contributed by atoms with Gasteiger partial charge in [0.15, 0.2) is 0 Å². The largest absolute Gasteiger partial charge is 0.508 e. The molecular weight excluding hydrogens is 356 g/mol. The summed E-state index contributed by atoms with van der Waals surface area (Å²) in [5.41, 5.74) is 2.45. The van der Waals surface area contributed by atoms with Gasteiger partial charge in [-0.25, -0.2) is 0 Å². The second kappa shape index (κ2) is 7.66. The van der Waals surface area contributed by atoms with Crippen LogP contribution in [0.15, 0.2) is 53.5 Å². The molecule has 1 aliphatic heterocycles. The van der Waals surface area contributed by atoms with Gasteiger partial charge in [0.2, 0.25) is 0 Å². The summed E-state index contributed by atoms with van der Waals surface area (Å²) in [6, 6.07) is 13.0. The number of hydrogen-bond donors (Lipinski definition) is 2. The van der Waals surface area contributed by atoms with Crippen LogP contribution in [-0.4, -0.2) is 46.0 Å². The van der Waals surface area contributed by atoms with E-state index >= 15 is 0 Å². The molecule has 3 aromatic rings. The van der Waals surface area contributed by atoms with Crippen molar-refractivity contribution >= 4 is 10.8 Å². The molecule has 0 bridgehead atoms. The average molecular weight is 380 g/mol. The molecule has 2 aromatic carbocycles. The van der Waals surface area contributed by atoms with Crippen LogP contribution < -0.4 is 10.3 Å². The molecule has 28 heavy (non-hydrogen) atoms. The Labute approximate surface area is 163 Å². The highest BCUT2D eigenvalue weighted by Crippen LogP contribution is 2.26. The van der Waals surface area contributed by atoms with Crippen LogP contribution in [0.1, 0.15) is 11.1 Å². The van der Waals surface area contributed by atoms with Crippen molar-refractivity contribution in [3.63, 3.8) is 0 Å². The number of nitrogens with zero attached hydrogens (tertiary/aromatic N) is 2. The summed E-state index contributed by atoms with van der Waals surface area (Å²) in [7, 11) is 1.52. The van der Waals surface area contributed by atoms with E-state index in [2.05, 4.69) is 23.1 Å². The molecule has 1 atom stereocenters. The van der Waals surface area contributed by atoms with E-state index in [4.69, 9.17) is 4.74 Å². The molecule has 0 amide bonds. The third kappa shape index (κ3) is 3.61. The maximum absolute atomic E-state index is 12.8. The SMILES string of the molecule is COc1cn(C[C@H](O)CN2CCc3ccccc3C2)c(=O)c2ccc(O)cc12. The number of aliphatic hydroxyl groups excluding tert-OH is 1. The lowest BCUT2D eigenvalue weighted by atomic mass is 10.00. The van der Waals surface area contributed by atoms with E-state index < -0.39 is 6.10 Å². The van der Waals surface area contributed by atoms with Crippen LogP contribution in [0.4, 0.5) is 0 Å². The van der Waals surface area contributed by atoms with E-state index in [9.17, 15) is 15.0 Å². The standard InChI is InChI=1S/C22H24N2O4/c1-28-21-14-24(22(27)19-7-6-17(25)10-20(19)21)13-18(26)12-23-9-8-15-4-2-3-5-16(15)11-23/h2-7,10,14,18,25-26H,8-9,11-13H2,1H3/t18-/m1/s1. The molecule has 6 heteroatoms. The van der Waals surface area contributed by atoms with Crippen LogP contribution in [0.25, 0.3) is 10.8 Å². The Morgan fingerprint density at radius 1 is 1.11 bits per heavy atom. The monoisotopic (exact) mass is 380 g/mol. The fourth-order valence-electron chi connectivity index (χ4n) is 3.94. The van der Waals surface area contributed by atoms with Gasteiger partial charge in [0, 0.05) is 31.2 Å². The number of methoxy groups -OCH3 is 1. The van der Waals surface area contributed by atoms with Crippen molar-refractivity contribution in [2.24, 2.45) is 0 Å². The minimum absolute atomic E-state index is 0.0772. The zero-order chi connectivity index (χ0) is 19.7. The molecule has 1 aromatic heterocycles. The van der Waals surface area contributed by atoms with Crippen molar-refractivity contribution in [2.75, 3.05) is 20.2 Å². The molecule has 0 saturated heterocycles. The summed E-state index contributed by atoms with van der Waals surface area (Å²) in [6.45, 7) is 2.38. The lowest BCUT2D eigenvalue weighted by molar-refractivity contribution is 0.0909. The fraction of sp³-hybridized carbons (Fsp3) is 0.318. The Balaban J connectivity index is 1.53. The van der Waals surface area contributed by atoms with Gasteiger partial charge in [-0.2, -0.15) is 0 Å². The number of ether oxygens (including phenoxy) is 1. The van der Waals surface area contributed by atoms with Crippen molar-refractivity contribution in [3.8, 4) is 11.5 Å². The predicted molar refractivity (Wildman–Crippen MR) is 108 cm³/mol. The molecule has 2 N–H and O–H groups in total. The van der Waals surface area contributed by atoms with E-state index in [0.717, 1.165) is 19.5 Å². The number of pyridine rings is 1. The van der Waals surface area contributed by atoms with Crippen LogP contribution >= 0.6 is 0 Å². The highest BCUT2D eigenvalue weighted by Gasteiger charge is 2.19. The van der Waals surface area contributed by atoms with E-state index in [0.29, 0.717) is 23.1 Å². The summed E-state index contributed by atoms with van der Waals surface area (Å²) in [5, 5.41) is 21.3.